The summed E-state index contributed by atoms with van der Waals surface area (Å²) < 4.78 is 0. The summed E-state index contributed by atoms with van der Waals surface area (Å²) >= 11 is 0. The van der Waals surface area contributed by atoms with E-state index in [-0.39, 0.29) is 0 Å². The number of rotatable bonds is 5. The van der Waals surface area contributed by atoms with Crippen LogP contribution in [0.5, 0.6) is 0 Å². The third kappa shape index (κ3) is 4.82. The average molecular weight is 288 g/mol. The third-order valence-corrected chi connectivity index (χ3v) is 4.58. The molecule has 0 bridgehead atoms. The normalized spacial score (nSPS) is 24.0. The lowest BCUT2D eigenvalue weighted by molar-refractivity contribution is 0.0924. The molecule has 0 aliphatic carbocycles. The van der Waals surface area contributed by atoms with E-state index in [0.29, 0.717) is 18.0 Å². The van der Waals surface area contributed by atoms with Gasteiger partial charge in [-0.05, 0) is 30.7 Å². The maximum atomic E-state index is 3.76. The molecule has 1 aliphatic rings. The van der Waals surface area contributed by atoms with E-state index in [1.807, 2.05) is 0 Å². The van der Waals surface area contributed by atoms with Crippen LogP contribution in [0.15, 0.2) is 24.3 Å². The Hall–Kier alpha value is -0.860. The lowest BCUT2D eigenvalue weighted by Gasteiger charge is -2.42. The van der Waals surface area contributed by atoms with Crippen molar-refractivity contribution in [2.24, 2.45) is 11.8 Å². The minimum absolute atomic E-state index is 0.623. The number of hydrogen-bond acceptors (Lipinski definition) is 2. The van der Waals surface area contributed by atoms with Gasteiger partial charge in [-0.3, -0.25) is 4.90 Å². The lowest BCUT2D eigenvalue weighted by atomic mass is 9.94. The minimum atomic E-state index is 0.623. The summed E-state index contributed by atoms with van der Waals surface area (Å²) in [7, 11) is 0. The molecule has 2 atom stereocenters. The summed E-state index contributed by atoms with van der Waals surface area (Å²) in [6.45, 7) is 14.9. The first-order chi connectivity index (χ1) is 9.95. The van der Waals surface area contributed by atoms with Gasteiger partial charge in [-0.25, -0.2) is 0 Å². The quantitative estimate of drug-likeness (QED) is 0.885. The highest BCUT2D eigenvalue weighted by Crippen LogP contribution is 2.21. The Morgan fingerprint density at radius 2 is 2.00 bits per heavy atom. The zero-order valence-electron chi connectivity index (χ0n) is 14.4. The zero-order chi connectivity index (χ0) is 15.4. The van der Waals surface area contributed by atoms with Crippen molar-refractivity contribution in [3.8, 4) is 0 Å². The van der Waals surface area contributed by atoms with E-state index in [2.05, 4.69) is 69.1 Å². The van der Waals surface area contributed by atoms with Crippen LogP contribution in [-0.2, 0) is 6.54 Å². The second-order valence-corrected chi connectivity index (χ2v) is 7.46. The van der Waals surface area contributed by atoms with Gasteiger partial charge in [0.1, 0.15) is 0 Å². The van der Waals surface area contributed by atoms with Crippen molar-refractivity contribution in [2.75, 3.05) is 13.1 Å². The van der Waals surface area contributed by atoms with Gasteiger partial charge in [-0.2, -0.15) is 0 Å². The van der Waals surface area contributed by atoms with Crippen molar-refractivity contribution < 1.29 is 0 Å². The van der Waals surface area contributed by atoms with Gasteiger partial charge in [0.15, 0.2) is 0 Å². The van der Waals surface area contributed by atoms with Gasteiger partial charge in [0, 0.05) is 31.7 Å². The molecule has 1 aliphatic heterocycles. The first kappa shape index (κ1) is 16.5. The molecule has 2 rings (SSSR count). The van der Waals surface area contributed by atoms with Crippen molar-refractivity contribution in [1.29, 1.82) is 0 Å². The van der Waals surface area contributed by atoms with E-state index in [0.717, 1.165) is 19.0 Å². The molecular formula is C19H32N2. The molecular weight excluding hydrogens is 256 g/mol. The Morgan fingerprint density at radius 3 is 2.62 bits per heavy atom. The number of nitrogens with zero attached hydrogens (tertiary/aromatic N) is 1. The molecule has 1 aromatic rings. The number of nitrogens with one attached hydrogen (secondary N) is 1. The molecule has 0 radical (unpaired) electrons. The monoisotopic (exact) mass is 288 g/mol. The van der Waals surface area contributed by atoms with Crippen LogP contribution in [-0.4, -0.2) is 30.1 Å². The molecule has 0 saturated carbocycles. The molecule has 2 unspecified atom stereocenters. The maximum Gasteiger partial charge on any atom is 0.0237 e. The van der Waals surface area contributed by atoms with Crippen molar-refractivity contribution in [3.05, 3.63) is 35.4 Å². The summed E-state index contributed by atoms with van der Waals surface area (Å²) in [4.78, 5) is 2.70. The number of aryl methyl sites for hydroxylation is 1. The molecule has 1 N–H and O–H groups in total. The van der Waals surface area contributed by atoms with Crippen LogP contribution in [0.3, 0.4) is 0 Å². The van der Waals surface area contributed by atoms with Crippen molar-refractivity contribution in [3.63, 3.8) is 0 Å². The van der Waals surface area contributed by atoms with E-state index in [4.69, 9.17) is 0 Å². The van der Waals surface area contributed by atoms with Gasteiger partial charge in [0.05, 0.1) is 0 Å². The second kappa shape index (κ2) is 7.42. The molecule has 2 nitrogen and oxygen atoms in total. The fraction of sp³-hybridized carbons (Fsp3) is 0.684. The molecule has 0 aromatic heterocycles. The van der Waals surface area contributed by atoms with Crippen LogP contribution in [0, 0.1) is 18.8 Å². The largest absolute Gasteiger partial charge is 0.311 e. The number of benzene rings is 1. The van der Waals surface area contributed by atoms with Crippen molar-refractivity contribution >= 4 is 0 Å². The first-order valence-electron chi connectivity index (χ1n) is 8.48. The third-order valence-electron chi connectivity index (χ3n) is 4.58. The average Bonchev–Trinajstić information content (AvgIpc) is 2.40. The molecule has 1 aromatic carbocycles. The fourth-order valence-electron chi connectivity index (χ4n) is 3.34. The smallest absolute Gasteiger partial charge is 0.0237 e. The number of hydrogen-bond donors (Lipinski definition) is 1. The van der Waals surface area contributed by atoms with Crippen LogP contribution >= 0.6 is 0 Å². The number of piperazine rings is 1. The Labute approximate surface area is 130 Å². The second-order valence-electron chi connectivity index (χ2n) is 7.46. The highest BCUT2D eigenvalue weighted by molar-refractivity contribution is 5.22. The van der Waals surface area contributed by atoms with E-state index in [1.165, 1.54) is 24.1 Å². The van der Waals surface area contributed by atoms with Gasteiger partial charge in [-0.15, -0.1) is 0 Å². The van der Waals surface area contributed by atoms with Crippen LogP contribution in [0.4, 0.5) is 0 Å². The highest BCUT2D eigenvalue weighted by atomic mass is 15.2. The first-order valence-corrected chi connectivity index (χ1v) is 8.48. The van der Waals surface area contributed by atoms with Crippen LogP contribution in [0.25, 0.3) is 0 Å². The van der Waals surface area contributed by atoms with Crippen molar-refractivity contribution in [1.82, 2.24) is 10.2 Å². The standard InChI is InChI=1S/C19H32N2/c1-14(2)9-18-11-20-19(15(3)4)13-21(18)12-17-8-6-7-16(5)10-17/h6-8,10,14-15,18-20H,9,11-13H2,1-5H3. The Balaban J connectivity index is 2.08. The molecule has 2 heteroatoms. The Morgan fingerprint density at radius 1 is 1.24 bits per heavy atom. The summed E-state index contributed by atoms with van der Waals surface area (Å²) in [5.74, 6) is 1.46. The van der Waals surface area contributed by atoms with Gasteiger partial charge < -0.3 is 5.32 Å². The Bertz CT molecular complexity index is 439. The fourth-order valence-corrected chi connectivity index (χ4v) is 3.34. The maximum absolute atomic E-state index is 3.76. The molecule has 1 heterocycles. The summed E-state index contributed by atoms with van der Waals surface area (Å²) in [5.41, 5.74) is 2.82. The highest BCUT2D eigenvalue weighted by Gasteiger charge is 2.29. The van der Waals surface area contributed by atoms with Gasteiger partial charge in [-0.1, -0.05) is 57.5 Å². The predicted octanol–water partition coefficient (Wildman–Crippen LogP) is 3.84. The van der Waals surface area contributed by atoms with Crippen LogP contribution in [0.1, 0.15) is 45.2 Å². The molecule has 0 amide bonds. The lowest BCUT2D eigenvalue weighted by Crippen LogP contribution is -2.57. The molecule has 0 spiro atoms. The van der Waals surface area contributed by atoms with Crippen molar-refractivity contribution in [2.45, 2.75) is 59.7 Å². The van der Waals surface area contributed by atoms with Crippen LogP contribution < -0.4 is 5.32 Å². The van der Waals surface area contributed by atoms with Gasteiger partial charge in [0.25, 0.3) is 0 Å². The topological polar surface area (TPSA) is 15.3 Å². The van der Waals surface area contributed by atoms with Gasteiger partial charge in [0.2, 0.25) is 0 Å². The summed E-state index contributed by atoms with van der Waals surface area (Å²) in [6, 6.07) is 10.3. The zero-order valence-corrected chi connectivity index (χ0v) is 14.4. The minimum Gasteiger partial charge on any atom is -0.311 e. The molecule has 21 heavy (non-hydrogen) atoms. The SMILES string of the molecule is Cc1cccc(CN2CC(C(C)C)NCC2CC(C)C)c1. The summed E-state index contributed by atoms with van der Waals surface area (Å²) in [6.07, 6.45) is 1.28. The van der Waals surface area contributed by atoms with E-state index in [1.54, 1.807) is 0 Å². The predicted molar refractivity (Wildman–Crippen MR) is 91.5 cm³/mol. The summed E-state index contributed by atoms with van der Waals surface area (Å²) in [5, 5.41) is 3.76. The van der Waals surface area contributed by atoms with E-state index < -0.39 is 0 Å². The molecule has 1 fully saturated rings. The van der Waals surface area contributed by atoms with Crippen LogP contribution in [0.2, 0.25) is 0 Å². The Kier molecular flexibility index (Phi) is 5.83. The van der Waals surface area contributed by atoms with Gasteiger partial charge >= 0.3 is 0 Å². The van der Waals surface area contributed by atoms with E-state index in [9.17, 15) is 0 Å². The van der Waals surface area contributed by atoms with E-state index >= 15 is 0 Å². The molecule has 118 valence electrons. The molecule has 1 saturated heterocycles.